The van der Waals surface area contributed by atoms with Gasteiger partial charge in [-0.25, -0.2) is 15.0 Å². The fourth-order valence-corrected chi connectivity index (χ4v) is 14.3. The number of nitrogens with zero attached hydrogens (tertiary/aromatic N) is 3. The Kier molecular flexibility index (Phi) is 9.31. The summed E-state index contributed by atoms with van der Waals surface area (Å²) in [5, 5.41) is 2.29. The number of aromatic nitrogens is 3. The van der Waals surface area contributed by atoms with Gasteiger partial charge in [0.1, 0.15) is 0 Å². The smallest absolute Gasteiger partial charge is 0.164 e. The zero-order chi connectivity index (χ0) is 45.5. The molecule has 9 aromatic carbocycles. The molecule has 0 aliphatic heterocycles. The molecular formula is C66H51N3. The quantitative estimate of drug-likeness (QED) is 0.160. The second-order valence-corrected chi connectivity index (χ2v) is 20.3. The lowest BCUT2D eigenvalue weighted by Gasteiger charge is -2.65. The second kappa shape index (κ2) is 15.9. The van der Waals surface area contributed by atoms with Crippen LogP contribution < -0.4 is 0 Å². The van der Waals surface area contributed by atoms with Crippen molar-refractivity contribution in [3.8, 4) is 56.4 Å². The monoisotopic (exact) mass is 885 g/mol. The van der Waals surface area contributed by atoms with Crippen molar-refractivity contribution in [1.29, 1.82) is 0 Å². The van der Waals surface area contributed by atoms with Gasteiger partial charge in [-0.15, -0.1) is 0 Å². The minimum atomic E-state index is -0.519. The van der Waals surface area contributed by atoms with Crippen molar-refractivity contribution in [3.63, 3.8) is 0 Å². The summed E-state index contributed by atoms with van der Waals surface area (Å²) in [7, 11) is 0. The van der Waals surface area contributed by atoms with Crippen molar-refractivity contribution in [1.82, 2.24) is 15.0 Å². The largest absolute Gasteiger partial charge is 0.208 e. The number of hydrogen-bond donors (Lipinski definition) is 0. The van der Waals surface area contributed by atoms with Crippen molar-refractivity contribution in [2.75, 3.05) is 0 Å². The van der Waals surface area contributed by atoms with Crippen LogP contribution in [0.15, 0.2) is 224 Å². The number of rotatable bonds is 7. The van der Waals surface area contributed by atoms with Crippen molar-refractivity contribution in [2.45, 2.75) is 42.9 Å². The van der Waals surface area contributed by atoms with Gasteiger partial charge in [0.05, 0.1) is 5.41 Å². The van der Waals surface area contributed by atoms with Crippen LogP contribution in [-0.2, 0) is 10.8 Å². The van der Waals surface area contributed by atoms with Crippen molar-refractivity contribution < 1.29 is 0 Å². The molecule has 1 spiro atoms. The highest BCUT2D eigenvalue weighted by Crippen LogP contribution is 2.70. The molecule has 3 heteroatoms. The average Bonchev–Trinajstić information content (AvgIpc) is 3.42. The summed E-state index contributed by atoms with van der Waals surface area (Å²) in [6.45, 7) is 0. The van der Waals surface area contributed by atoms with E-state index in [2.05, 4.69) is 206 Å². The van der Waals surface area contributed by atoms with Crippen LogP contribution in [-0.4, -0.2) is 15.0 Å². The number of benzene rings is 9. The Morgan fingerprint density at radius 3 is 1.33 bits per heavy atom. The first-order valence-electron chi connectivity index (χ1n) is 25.0. The van der Waals surface area contributed by atoms with Crippen LogP contribution in [0.3, 0.4) is 0 Å². The van der Waals surface area contributed by atoms with Crippen molar-refractivity contribution in [2.24, 2.45) is 23.7 Å². The van der Waals surface area contributed by atoms with Crippen molar-refractivity contribution in [3.05, 3.63) is 258 Å². The number of hydrogen-bond acceptors (Lipinski definition) is 3. The van der Waals surface area contributed by atoms with Gasteiger partial charge in [0.25, 0.3) is 0 Å². The van der Waals surface area contributed by atoms with Gasteiger partial charge in [0.15, 0.2) is 17.5 Å². The minimum Gasteiger partial charge on any atom is -0.208 e. The Hall–Kier alpha value is -7.75. The van der Waals surface area contributed by atoms with E-state index in [-0.39, 0.29) is 5.41 Å². The zero-order valence-electron chi connectivity index (χ0n) is 38.5. The maximum Gasteiger partial charge on any atom is 0.164 e. The summed E-state index contributed by atoms with van der Waals surface area (Å²) in [5.74, 6) is 4.96. The Labute approximate surface area is 404 Å². The van der Waals surface area contributed by atoms with Crippen molar-refractivity contribution >= 4 is 10.8 Å². The van der Waals surface area contributed by atoms with E-state index in [0.717, 1.165) is 39.5 Å². The van der Waals surface area contributed by atoms with Gasteiger partial charge in [-0.05, 0) is 134 Å². The average molecular weight is 886 g/mol. The van der Waals surface area contributed by atoms with E-state index >= 15 is 0 Å². The first-order valence-corrected chi connectivity index (χ1v) is 25.0. The van der Waals surface area contributed by atoms with Crippen LogP contribution in [0.4, 0.5) is 0 Å². The molecule has 1 heterocycles. The van der Waals surface area contributed by atoms with E-state index in [1.54, 1.807) is 11.1 Å². The highest BCUT2D eigenvalue weighted by atomic mass is 15.0. The maximum absolute atomic E-state index is 5.28. The van der Waals surface area contributed by atoms with Crippen LogP contribution in [0.5, 0.6) is 0 Å². The summed E-state index contributed by atoms with van der Waals surface area (Å²) in [5.41, 5.74) is 15.8. The molecule has 0 amide bonds. The summed E-state index contributed by atoms with van der Waals surface area (Å²) in [6.07, 6.45) is 6.77. The summed E-state index contributed by atoms with van der Waals surface area (Å²) in [6, 6.07) is 82.9. The first kappa shape index (κ1) is 40.3. The molecule has 0 atom stereocenters. The molecule has 0 radical (unpaired) electrons. The van der Waals surface area contributed by atoms with E-state index in [1.807, 2.05) is 18.2 Å². The Morgan fingerprint density at radius 1 is 0.304 bits per heavy atom. The highest BCUT2D eigenvalue weighted by molar-refractivity contribution is 6.04. The summed E-state index contributed by atoms with van der Waals surface area (Å²) in [4.78, 5) is 15.6. The fraction of sp³-hybridized carbons (Fsp3) is 0.167. The van der Waals surface area contributed by atoms with Gasteiger partial charge in [-0.3, -0.25) is 0 Å². The fourth-order valence-electron chi connectivity index (χ4n) is 14.3. The Morgan fingerprint density at radius 2 is 0.725 bits per heavy atom. The lowest BCUT2D eigenvalue weighted by Crippen LogP contribution is -2.59. The van der Waals surface area contributed by atoms with Gasteiger partial charge in [-0.2, -0.15) is 0 Å². The van der Waals surface area contributed by atoms with Crippen LogP contribution >= 0.6 is 0 Å². The van der Waals surface area contributed by atoms with E-state index in [4.69, 9.17) is 15.0 Å². The van der Waals surface area contributed by atoms with E-state index in [9.17, 15) is 0 Å². The van der Waals surface area contributed by atoms with Crippen LogP contribution in [0, 0.1) is 23.7 Å². The third-order valence-corrected chi connectivity index (χ3v) is 16.9. The normalized spacial score (nSPS) is 21.5. The van der Waals surface area contributed by atoms with Crippen LogP contribution in [0.2, 0.25) is 0 Å². The molecule has 69 heavy (non-hydrogen) atoms. The standard InChI is InChI=1S/C66H51N3/c1-5-17-45(18-6-1)46-29-31-48(32-30-46)63-67-62(47-19-7-2-8-20-47)68-64(69-63)57-35-34-54(55-25-13-14-26-56(55)57)49-33-36-60-61(42-49)65(50-21-9-3-10-22-50,51-23-11-4-12-24-51)58-27-15-16-28-59(58)66(60)52-38-43-37-44(40-52)41-53(66)39-43/h1-36,42-44,52-53H,37-41H2. The molecule has 5 aliphatic carbocycles. The molecule has 5 aliphatic rings. The molecular weight excluding hydrogens is 835 g/mol. The zero-order valence-corrected chi connectivity index (χ0v) is 38.5. The van der Waals surface area contributed by atoms with Gasteiger partial charge < -0.3 is 0 Å². The Balaban J connectivity index is 0.977. The molecule has 0 saturated heterocycles. The minimum absolute atomic E-state index is 0.0222. The molecule has 4 saturated carbocycles. The van der Waals surface area contributed by atoms with Gasteiger partial charge in [0, 0.05) is 22.1 Å². The van der Waals surface area contributed by atoms with Gasteiger partial charge in [-0.1, -0.05) is 212 Å². The summed E-state index contributed by atoms with van der Waals surface area (Å²) < 4.78 is 0. The topological polar surface area (TPSA) is 38.7 Å². The van der Waals surface area contributed by atoms with Crippen LogP contribution in [0.25, 0.3) is 67.2 Å². The first-order chi connectivity index (χ1) is 34.2. The lowest BCUT2D eigenvalue weighted by molar-refractivity contribution is -0.0440. The molecule has 4 bridgehead atoms. The lowest BCUT2D eigenvalue weighted by atomic mass is 9.38. The van der Waals surface area contributed by atoms with Crippen LogP contribution in [0.1, 0.15) is 65.5 Å². The Bertz CT molecular complexity index is 3480. The molecule has 0 N–H and O–H groups in total. The molecule has 4 fully saturated rings. The third-order valence-electron chi connectivity index (χ3n) is 16.9. The predicted octanol–water partition coefficient (Wildman–Crippen LogP) is 15.8. The molecule has 3 nitrogen and oxygen atoms in total. The van der Waals surface area contributed by atoms with Gasteiger partial charge in [0.2, 0.25) is 0 Å². The van der Waals surface area contributed by atoms with E-state index in [0.29, 0.717) is 29.3 Å². The summed E-state index contributed by atoms with van der Waals surface area (Å²) >= 11 is 0. The second-order valence-electron chi connectivity index (χ2n) is 20.3. The molecule has 330 valence electrons. The SMILES string of the molecule is c1ccc(-c2ccc(-c3nc(-c4ccccc4)nc(-c4ccc(-c5ccc6c(c5)C(c5ccccc5)(c5ccccc5)c5ccccc5C65C6CC7CC(C6)CC5C7)c5ccccc45)n3)cc2)cc1. The molecule has 10 aromatic rings. The highest BCUT2D eigenvalue weighted by Gasteiger charge is 2.63. The van der Waals surface area contributed by atoms with Gasteiger partial charge >= 0.3 is 0 Å². The molecule has 0 unspecified atom stereocenters. The number of fused-ring (bicyclic) bond motifs is 3. The molecule has 15 rings (SSSR count). The van der Waals surface area contributed by atoms with E-state index in [1.165, 1.54) is 76.4 Å². The molecule has 1 aromatic heterocycles. The third kappa shape index (κ3) is 6.15. The predicted molar refractivity (Wildman–Crippen MR) is 281 cm³/mol. The van der Waals surface area contributed by atoms with E-state index < -0.39 is 5.41 Å². The maximum atomic E-state index is 5.28.